The largest absolute Gasteiger partial charge is 0.469 e. The van der Waals surface area contributed by atoms with E-state index in [-0.39, 0.29) is 17.8 Å². The van der Waals surface area contributed by atoms with Gasteiger partial charge >= 0.3 is 5.97 Å². The highest BCUT2D eigenvalue weighted by atomic mass is 16.5. The maximum atomic E-state index is 12.6. The van der Waals surface area contributed by atoms with Crippen molar-refractivity contribution in [3.05, 3.63) is 0 Å². The van der Waals surface area contributed by atoms with Gasteiger partial charge in [0.05, 0.1) is 19.1 Å². The van der Waals surface area contributed by atoms with Gasteiger partial charge in [-0.25, -0.2) is 0 Å². The summed E-state index contributed by atoms with van der Waals surface area (Å²) >= 11 is 0. The highest BCUT2D eigenvalue weighted by Crippen LogP contribution is 2.39. The molecule has 1 amide bonds. The summed E-state index contributed by atoms with van der Waals surface area (Å²) in [7, 11) is 1.37. The van der Waals surface area contributed by atoms with E-state index in [1.54, 1.807) is 4.90 Å². The SMILES string of the molecule is COC(=O)C1CCCN(C(=O)C2(C#N)CCCC2)C1. The van der Waals surface area contributed by atoms with E-state index in [2.05, 4.69) is 6.07 Å². The number of ether oxygens (including phenoxy) is 1. The molecule has 1 aliphatic carbocycles. The molecule has 0 spiro atoms. The molecule has 1 heterocycles. The molecule has 1 aliphatic heterocycles. The Labute approximate surface area is 113 Å². The van der Waals surface area contributed by atoms with Crippen molar-refractivity contribution in [3.8, 4) is 6.07 Å². The van der Waals surface area contributed by atoms with Crippen LogP contribution in [0.1, 0.15) is 38.5 Å². The summed E-state index contributed by atoms with van der Waals surface area (Å²) in [5, 5.41) is 9.35. The van der Waals surface area contributed by atoms with Gasteiger partial charge in [0.1, 0.15) is 5.41 Å². The maximum absolute atomic E-state index is 12.6. The first-order chi connectivity index (χ1) is 9.13. The Bertz CT molecular complexity index is 407. The molecule has 2 fully saturated rings. The molecule has 1 atom stereocenters. The Hall–Kier alpha value is -1.57. The fourth-order valence-corrected chi connectivity index (χ4v) is 3.18. The number of piperidine rings is 1. The van der Waals surface area contributed by atoms with Crippen LogP contribution < -0.4 is 0 Å². The first-order valence-electron chi connectivity index (χ1n) is 6.91. The molecule has 19 heavy (non-hydrogen) atoms. The van der Waals surface area contributed by atoms with Crippen LogP contribution in [0.4, 0.5) is 0 Å². The monoisotopic (exact) mass is 264 g/mol. The summed E-state index contributed by atoms with van der Waals surface area (Å²) in [5.74, 6) is -0.573. The molecule has 1 saturated carbocycles. The van der Waals surface area contributed by atoms with Crippen LogP contribution in [0.2, 0.25) is 0 Å². The van der Waals surface area contributed by atoms with Gasteiger partial charge in [-0.05, 0) is 25.7 Å². The minimum absolute atomic E-state index is 0.0823. The average Bonchev–Trinajstić information content (AvgIpc) is 2.96. The van der Waals surface area contributed by atoms with Gasteiger partial charge in [-0.1, -0.05) is 12.8 Å². The van der Waals surface area contributed by atoms with E-state index >= 15 is 0 Å². The lowest BCUT2D eigenvalue weighted by molar-refractivity contribution is -0.150. The Morgan fingerprint density at radius 1 is 1.32 bits per heavy atom. The lowest BCUT2D eigenvalue weighted by Gasteiger charge is -2.35. The van der Waals surface area contributed by atoms with Crippen LogP contribution in [0, 0.1) is 22.7 Å². The summed E-state index contributed by atoms with van der Waals surface area (Å²) in [4.78, 5) is 25.8. The van der Waals surface area contributed by atoms with E-state index in [0.717, 1.165) is 25.7 Å². The molecule has 0 bridgehead atoms. The molecule has 5 nitrogen and oxygen atoms in total. The molecule has 5 heteroatoms. The van der Waals surface area contributed by atoms with Crippen molar-refractivity contribution in [3.63, 3.8) is 0 Å². The molecule has 2 rings (SSSR count). The average molecular weight is 264 g/mol. The number of hydrogen-bond acceptors (Lipinski definition) is 4. The normalized spacial score (nSPS) is 25.7. The van der Waals surface area contributed by atoms with E-state index in [1.807, 2.05) is 0 Å². The number of amides is 1. The van der Waals surface area contributed by atoms with E-state index in [9.17, 15) is 14.9 Å². The number of likely N-dealkylation sites (tertiary alicyclic amines) is 1. The van der Waals surface area contributed by atoms with Gasteiger partial charge in [-0.3, -0.25) is 9.59 Å². The Morgan fingerprint density at radius 2 is 2.00 bits per heavy atom. The standard InChI is InChI=1S/C14H20N2O3/c1-19-12(17)11-5-4-8-16(9-11)13(18)14(10-15)6-2-3-7-14/h11H,2-9H2,1H3. The molecular weight excluding hydrogens is 244 g/mol. The minimum Gasteiger partial charge on any atom is -0.469 e. The number of hydrogen-bond donors (Lipinski definition) is 0. The third-order valence-corrected chi connectivity index (χ3v) is 4.32. The molecule has 0 aromatic rings. The van der Waals surface area contributed by atoms with Gasteiger partial charge in [0, 0.05) is 13.1 Å². The molecule has 0 aromatic heterocycles. The van der Waals surface area contributed by atoms with Crippen LogP contribution in [0.5, 0.6) is 0 Å². The fourth-order valence-electron chi connectivity index (χ4n) is 3.18. The molecule has 0 aromatic carbocycles. The third kappa shape index (κ3) is 2.58. The van der Waals surface area contributed by atoms with Crippen molar-refractivity contribution < 1.29 is 14.3 Å². The van der Waals surface area contributed by atoms with Crippen LogP contribution >= 0.6 is 0 Å². The lowest BCUT2D eigenvalue weighted by Crippen LogP contribution is -2.48. The van der Waals surface area contributed by atoms with Crippen molar-refractivity contribution in [1.29, 1.82) is 5.26 Å². The molecule has 0 N–H and O–H groups in total. The summed E-state index contributed by atoms with van der Waals surface area (Å²) in [5.41, 5.74) is -0.835. The van der Waals surface area contributed by atoms with E-state index in [4.69, 9.17) is 4.74 Å². The number of rotatable bonds is 2. The molecule has 104 valence electrons. The fraction of sp³-hybridized carbons (Fsp3) is 0.786. The zero-order valence-electron chi connectivity index (χ0n) is 11.4. The van der Waals surface area contributed by atoms with Crippen LogP contribution in [-0.2, 0) is 14.3 Å². The third-order valence-electron chi connectivity index (χ3n) is 4.32. The van der Waals surface area contributed by atoms with Gasteiger partial charge in [0.2, 0.25) is 5.91 Å². The van der Waals surface area contributed by atoms with Crippen LogP contribution in [-0.4, -0.2) is 37.0 Å². The number of carbonyl (C=O) groups excluding carboxylic acids is 2. The zero-order valence-corrected chi connectivity index (χ0v) is 11.4. The number of methoxy groups -OCH3 is 1. The van der Waals surface area contributed by atoms with E-state index in [1.165, 1.54) is 7.11 Å². The van der Waals surface area contributed by atoms with Gasteiger partial charge in [-0.15, -0.1) is 0 Å². The van der Waals surface area contributed by atoms with Gasteiger partial charge in [-0.2, -0.15) is 5.26 Å². The number of nitriles is 1. The summed E-state index contributed by atoms with van der Waals surface area (Å²) in [6, 6.07) is 2.23. The second kappa shape index (κ2) is 5.60. The van der Waals surface area contributed by atoms with Crippen molar-refractivity contribution in [2.24, 2.45) is 11.3 Å². The lowest BCUT2D eigenvalue weighted by atomic mass is 9.85. The van der Waals surface area contributed by atoms with Crippen molar-refractivity contribution in [2.45, 2.75) is 38.5 Å². The molecule has 1 unspecified atom stereocenters. The van der Waals surface area contributed by atoms with Gasteiger partial charge in [0.15, 0.2) is 0 Å². The van der Waals surface area contributed by atoms with Crippen LogP contribution in [0.15, 0.2) is 0 Å². The van der Waals surface area contributed by atoms with Crippen molar-refractivity contribution in [1.82, 2.24) is 4.90 Å². The molecule has 2 aliphatic rings. The topological polar surface area (TPSA) is 70.4 Å². The van der Waals surface area contributed by atoms with E-state index < -0.39 is 5.41 Å². The minimum atomic E-state index is -0.835. The Balaban J connectivity index is 2.07. The highest BCUT2D eigenvalue weighted by Gasteiger charge is 2.45. The predicted octanol–water partition coefficient (Wildman–Crippen LogP) is 1.48. The summed E-state index contributed by atoms with van der Waals surface area (Å²) < 4.78 is 4.75. The second-order valence-corrected chi connectivity index (χ2v) is 5.51. The quantitative estimate of drug-likeness (QED) is 0.708. The molecule has 1 saturated heterocycles. The van der Waals surface area contributed by atoms with Gasteiger partial charge < -0.3 is 9.64 Å². The number of carbonyl (C=O) groups is 2. The summed E-state index contributed by atoms with van der Waals surface area (Å²) in [6.07, 6.45) is 4.74. The van der Waals surface area contributed by atoms with Crippen LogP contribution in [0.25, 0.3) is 0 Å². The first-order valence-corrected chi connectivity index (χ1v) is 6.91. The second-order valence-electron chi connectivity index (χ2n) is 5.51. The number of esters is 1. The van der Waals surface area contributed by atoms with Crippen molar-refractivity contribution >= 4 is 11.9 Å². The first kappa shape index (κ1) is 13.9. The molecular formula is C14H20N2O3. The number of nitrogens with zero attached hydrogens (tertiary/aromatic N) is 2. The van der Waals surface area contributed by atoms with Crippen molar-refractivity contribution in [2.75, 3.05) is 20.2 Å². The zero-order chi connectivity index (χ0) is 13.9. The van der Waals surface area contributed by atoms with Gasteiger partial charge in [0.25, 0.3) is 0 Å². The maximum Gasteiger partial charge on any atom is 0.310 e. The van der Waals surface area contributed by atoms with Crippen LogP contribution in [0.3, 0.4) is 0 Å². The molecule has 0 radical (unpaired) electrons. The summed E-state index contributed by atoms with van der Waals surface area (Å²) in [6.45, 7) is 1.05. The van der Waals surface area contributed by atoms with E-state index in [0.29, 0.717) is 25.9 Å². The Kier molecular flexibility index (Phi) is 4.08. The predicted molar refractivity (Wildman–Crippen MR) is 67.8 cm³/mol. The smallest absolute Gasteiger partial charge is 0.310 e. The highest BCUT2D eigenvalue weighted by molar-refractivity contribution is 5.86. The Morgan fingerprint density at radius 3 is 2.58 bits per heavy atom.